The van der Waals surface area contributed by atoms with Crippen molar-refractivity contribution in [3.63, 3.8) is 0 Å². The van der Waals surface area contributed by atoms with Crippen molar-refractivity contribution in [3.8, 4) is 0 Å². The van der Waals surface area contributed by atoms with Gasteiger partial charge in [0.2, 0.25) is 0 Å². The molecule has 0 heterocycles. The van der Waals surface area contributed by atoms with Gasteiger partial charge in [-0.3, -0.25) is 0 Å². The Bertz CT molecular complexity index is 281. The van der Waals surface area contributed by atoms with Crippen LogP contribution in [0.4, 0.5) is 0 Å². The topological polar surface area (TPSA) is 27.7 Å². The van der Waals surface area contributed by atoms with Crippen LogP contribution in [0.2, 0.25) is 0 Å². The Morgan fingerprint density at radius 1 is 0.481 bits per heavy atom. The number of ether oxygens (including phenoxy) is 3. The zero-order chi connectivity index (χ0) is 20.2. The average Bonchev–Trinajstić information content (AvgIpc) is 2.70. The lowest BCUT2D eigenvalue weighted by molar-refractivity contribution is -0.380. The van der Waals surface area contributed by atoms with Crippen LogP contribution >= 0.6 is 0 Å². The molecule has 0 fully saturated rings. The third-order valence-electron chi connectivity index (χ3n) is 5.92. The first-order valence-electron chi connectivity index (χ1n) is 11.9. The van der Waals surface area contributed by atoms with Crippen LogP contribution in [0.15, 0.2) is 0 Å². The summed E-state index contributed by atoms with van der Waals surface area (Å²) < 4.78 is 17.0. The number of rotatable bonds is 21. The fourth-order valence-corrected chi connectivity index (χ4v) is 4.12. The second kappa shape index (κ2) is 19.2. The molecule has 1 atom stereocenters. The van der Waals surface area contributed by atoms with Crippen LogP contribution in [0.25, 0.3) is 0 Å². The van der Waals surface area contributed by atoms with Crippen molar-refractivity contribution < 1.29 is 14.2 Å². The molecule has 0 N–H and O–H groups in total. The van der Waals surface area contributed by atoms with Gasteiger partial charge >= 0.3 is 0 Å². The molecule has 0 bridgehead atoms. The van der Waals surface area contributed by atoms with E-state index in [2.05, 4.69) is 13.8 Å². The van der Waals surface area contributed by atoms with Crippen molar-refractivity contribution in [2.24, 2.45) is 5.92 Å². The Labute approximate surface area is 170 Å². The van der Waals surface area contributed by atoms with Crippen molar-refractivity contribution in [2.75, 3.05) is 21.3 Å². The maximum absolute atomic E-state index is 5.67. The van der Waals surface area contributed by atoms with E-state index in [4.69, 9.17) is 14.2 Å². The van der Waals surface area contributed by atoms with Gasteiger partial charge in [0.25, 0.3) is 5.97 Å². The summed E-state index contributed by atoms with van der Waals surface area (Å²) in [5.74, 6) is -0.558. The zero-order valence-corrected chi connectivity index (χ0v) is 19.3. The van der Waals surface area contributed by atoms with E-state index in [1.807, 2.05) is 0 Å². The number of hydrogen-bond acceptors (Lipinski definition) is 3. The summed E-state index contributed by atoms with van der Waals surface area (Å²) in [7, 11) is 5.11. The lowest BCUT2D eigenvalue weighted by atomic mass is 9.91. The molecule has 0 aromatic heterocycles. The Hall–Kier alpha value is -0.120. The van der Waals surface area contributed by atoms with Gasteiger partial charge in [-0.25, -0.2) is 0 Å². The van der Waals surface area contributed by atoms with Crippen LogP contribution in [-0.2, 0) is 14.2 Å². The molecule has 0 saturated carbocycles. The molecule has 0 saturated heterocycles. The van der Waals surface area contributed by atoms with Gasteiger partial charge in [0.15, 0.2) is 0 Å². The highest BCUT2D eigenvalue weighted by Gasteiger charge is 2.39. The Kier molecular flexibility index (Phi) is 19.1. The Morgan fingerprint density at radius 3 is 1.07 bits per heavy atom. The minimum Gasteiger partial charge on any atom is -0.331 e. The fraction of sp³-hybridized carbons (Fsp3) is 1.00. The van der Waals surface area contributed by atoms with E-state index in [9.17, 15) is 0 Å². The monoisotopic (exact) mass is 386 g/mol. The van der Waals surface area contributed by atoms with Gasteiger partial charge in [0.05, 0.1) is 0 Å². The molecule has 0 amide bonds. The molecule has 0 aliphatic rings. The van der Waals surface area contributed by atoms with Crippen LogP contribution in [-0.4, -0.2) is 27.3 Å². The summed E-state index contributed by atoms with van der Waals surface area (Å²) in [6.07, 6.45) is 22.5. The molecular formula is C24H50O3. The van der Waals surface area contributed by atoms with Gasteiger partial charge < -0.3 is 14.2 Å². The molecule has 0 aromatic carbocycles. The largest absolute Gasteiger partial charge is 0.331 e. The summed E-state index contributed by atoms with van der Waals surface area (Å²) in [6, 6.07) is 0. The van der Waals surface area contributed by atoms with Crippen molar-refractivity contribution in [3.05, 3.63) is 0 Å². The number of hydrogen-bond donors (Lipinski definition) is 0. The minimum atomic E-state index is -0.871. The molecule has 1 unspecified atom stereocenters. The van der Waals surface area contributed by atoms with Crippen molar-refractivity contribution >= 4 is 0 Å². The SMILES string of the molecule is CCCCCCCCCCCCC(CCCCCCC)C(OC)(OC)OC. The Balaban J connectivity index is 4.09. The summed E-state index contributed by atoms with van der Waals surface area (Å²) in [5, 5.41) is 0. The molecule has 27 heavy (non-hydrogen) atoms. The van der Waals surface area contributed by atoms with Gasteiger partial charge in [-0.1, -0.05) is 110 Å². The smallest absolute Gasteiger partial charge is 0.285 e. The number of unbranched alkanes of at least 4 members (excludes halogenated alkanes) is 13. The lowest BCUT2D eigenvalue weighted by Gasteiger charge is -2.36. The standard InChI is InChI=1S/C24H50O3/c1-6-8-10-12-13-14-15-16-18-20-22-23(21-19-17-11-9-7-2)24(25-3,26-4)27-5/h23H,6-22H2,1-5H3. The first kappa shape index (κ1) is 26.9. The molecule has 0 aromatic rings. The molecule has 0 spiro atoms. The zero-order valence-electron chi connectivity index (χ0n) is 19.3. The maximum Gasteiger partial charge on any atom is 0.285 e. The maximum atomic E-state index is 5.67. The third-order valence-corrected chi connectivity index (χ3v) is 5.92. The highest BCUT2D eigenvalue weighted by molar-refractivity contribution is 4.71. The molecule has 3 nitrogen and oxygen atoms in total. The third kappa shape index (κ3) is 12.9. The summed E-state index contributed by atoms with van der Waals surface area (Å²) in [4.78, 5) is 0. The van der Waals surface area contributed by atoms with Gasteiger partial charge in [0, 0.05) is 27.2 Å². The lowest BCUT2D eigenvalue weighted by Crippen LogP contribution is -2.44. The van der Waals surface area contributed by atoms with E-state index in [-0.39, 0.29) is 0 Å². The molecule has 3 heteroatoms. The molecule has 0 aliphatic carbocycles. The predicted octanol–water partition coefficient (Wildman–Crippen LogP) is 7.87. The second-order valence-corrected chi connectivity index (χ2v) is 8.09. The summed E-state index contributed by atoms with van der Waals surface area (Å²) >= 11 is 0. The van der Waals surface area contributed by atoms with E-state index < -0.39 is 5.97 Å². The normalized spacial score (nSPS) is 13.2. The Morgan fingerprint density at radius 2 is 0.778 bits per heavy atom. The van der Waals surface area contributed by atoms with Crippen LogP contribution < -0.4 is 0 Å². The highest BCUT2D eigenvalue weighted by atomic mass is 16.9. The van der Waals surface area contributed by atoms with Crippen LogP contribution in [0.5, 0.6) is 0 Å². The van der Waals surface area contributed by atoms with Crippen LogP contribution in [0, 0.1) is 5.92 Å². The molecule has 164 valence electrons. The quantitative estimate of drug-likeness (QED) is 0.148. The summed E-state index contributed by atoms with van der Waals surface area (Å²) in [6.45, 7) is 4.55. The van der Waals surface area contributed by atoms with E-state index in [1.54, 1.807) is 21.3 Å². The first-order valence-corrected chi connectivity index (χ1v) is 11.9. The average molecular weight is 387 g/mol. The fourth-order valence-electron chi connectivity index (χ4n) is 4.12. The van der Waals surface area contributed by atoms with Crippen LogP contribution in [0.3, 0.4) is 0 Å². The molecule has 0 rings (SSSR count). The van der Waals surface area contributed by atoms with Crippen LogP contribution in [0.1, 0.15) is 123 Å². The predicted molar refractivity (Wildman–Crippen MR) is 117 cm³/mol. The van der Waals surface area contributed by atoms with Gasteiger partial charge in [0.1, 0.15) is 0 Å². The molecular weight excluding hydrogens is 336 g/mol. The first-order chi connectivity index (χ1) is 13.2. The van der Waals surface area contributed by atoms with Crippen molar-refractivity contribution in [1.82, 2.24) is 0 Å². The van der Waals surface area contributed by atoms with Crippen molar-refractivity contribution in [1.29, 1.82) is 0 Å². The van der Waals surface area contributed by atoms with Gasteiger partial charge in [-0.05, 0) is 12.8 Å². The number of methoxy groups -OCH3 is 3. The molecule has 0 aliphatic heterocycles. The highest BCUT2D eigenvalue weighted by Crippen LogP contribution is 2.33. The van der Waals surface area contributed by atoms with Gasteiger partial charge in [-0.15, -0.1) is 0 Å². The van der Waals surface area contributed by atoms with E-state index in [1.165, 1.54) is 96.3 Å². The van der Waals surface area contributed by atoms with Gasteiger partial charge in [-0.2, -0.15) is 0 Å². The van der Waals surface area contributed by atoms with E-state index in [0.29, 0.717) is 5.92 Å². The molecule has 0 radical (unpaired) electrons. The van der Waals surface area contributed by atoms with E-state index in [0.717, 1.165) is 12.8 Å². The van der Waals surface area contributed by atoms with E-state index >= 15 is 0 Å². The minimum absolute atomic E-state index is 0.313. The second-order valence-electron chi connectivity index (χ2n) is 8.09. The van der Waals surface area contributed by atoms with Crippen molar-refractivity contribution in [2.45, 2.75) is 129 Å². The summed E-state index contributed by atoms with van der Waals surface area (Å²) in [5.41, 5.74) is 0.